The van der Waals surface area contributed by atoms with E-state index in [-0.39, 0.29) is 44.8 Å². The van der Waals surface area contributed by atoms with Crippen LogP contribution in [0.2, 0.25) is 0 Å². The van der Waals surface area contributed by atoms with Crippen molar-refractivity contribution in [1.82, 2.24) is 0 Å². The van der Waals surface area contributed by atoms with E-state index < -0.39 is 112 Å². The molecule has 0 aliphatic heterocycles. The first-order valence-electron chi connectivity index (χ1n) is 5.93. The van der Waals surface area contributed by atoms with Crippen LogP contribution in [-0.2, 0) is 49.4 Å². The third-order valence-corrected chi connectivity index (χ3v) is 0. The monoisotopic (exact) mass is 1680 g/mol. The number of rotatable bonds is 0. The van der Waals surface area contributed by atoms with Crippen LogP contribution in [0.25, 0.3) is 0 Å². The summed E-state index contributed by atoms with van der Waals surface area (Å²) in [5.74, 6) is 0. The van der Waals surface area contributed by atoms with Crippen LogP contribution in [0.3, 0.4) is 0 Å². The van der Waals surface area contributed by atoms with Gasteiger partial charge in [-0.25, -0.2) is 0 Å². The smallest absolute Gasteiger partial charge is 1.00 e. The molecule has 0 fully saturated rings. The summed E-state index contributed by atoms with van der Waals surface area (Å²) in [5.41, 5.74) is 0. The Bertz CT molecular complexity index is 699. The maximum absolute atomic E-state index is 10.7. The van der Waals surface area contributed by atoms with E-state index in [1.165, 1.54) is 0 Å². The predicted molar refractivity (Wildman–Crippen MR) is 85.0 cm³/mol. The van der Waals surface area contributed by atoms with Crippen LogP contribution in [0.4, 0.5) is 86.8 Å². The molecule has 6 N–H and O–H groups in total. The van der Waals surface area contributed by atoms with Gasteiger partial charge in [0.1, 0.15) is 0 Å². The zero-order chi connectivity index (χ0) is 40.4. The van der Waals surface area contributed by atoms with Crippen molar-refractivity contribution in [1.29, 1.82) is 0 Å². The van der Waals surface area contributed by atoms with Crippen LogP contribution in [0.15, 0.2) is 0 Å². The van der Waals surface area contributed by atoms with Crippen molar-refractivity contribution in [2.75, 3.05) is 0 Å². The van der Waals surface area contributed by atoms with E-state index >= 15 is 0 Å². The molecule has 0 aliphatic rings. The van der Waals surface area contributed by atoms with Gasteiger partial charge in [-0.2, -0.15) is 0 Å². The van der Waals surface area contributed by atoms with E-state index in [0.717, 1.165) is 0 Å². The second-order valence-electron chi connectivity index (χ2n) is 5.57. The summed E-state index contributed by atoms with van der Waals surface area (Å²) >= 11 is -64.1. The summed E-state index contributed by atoms with van der Waals surface area (Å²) in [6, 6.07) is 0. The second kappa shape index (κ2) is 12.6. The van der Waals surface area contributed by atoms with E-state index in [2.05, 4.69) is 6.65 Å². The van der Waals surface area contributed by atoms with Gasteiger partial charge in [0, 0.05) is 0 Å². The van der Waals surface area contributed by atoms with Crippen molar-refractivity contribution in [3.63, 3.8) is 0 Å². The molecule has 0 heterocycles. The van der Waals surface area contributed by atoms with Crippen molar-refractivity contribution >= 4 is 112 Å². The van der Waals surface area contributed by atoms with Gasteiger partial charge in [-0.1, -0.05) is 0 Å². The van der Waals surface area contributed by atoms with E-state index in [9.17, 15) is 86.8 Å². The van der Waals surface area contributed by atoms with Crippen LogP contribution in [0.5, 0.6) is 0 Å². The van der Waals surface area contributed by atoms with E-state index in [4.69, 9.17) is 25.5 Å². The first-order chi connectivity index (χ1) is 15.7. The Morgan fingerprint density at radius 2 is 0.239 bits per heavy atom. The minimum atomic E-state index is -10.7. The third-order valence-electron chi connectivity index (χ3n) is 0. The molecule has 0 bridgehead atoms. The fraction of sp³-hybridized carbons (Fsp3) is 0. The minimum absolute atomic E-state index is 0. The van der Waals surface area contributed by atoms with Gasteiger partial charge in [0.15, 0.2) is 0 Å². The van der Waals surface area contributed by atoms with Gasteiger partial charge >= 0.3 is 253 Å². The van der Waals surface area contributed by atoms with Gasteiger partial charge < -0.3 is 22.4 Å². The second-order valence-corrected chi connectivity index (χ2v) is 37.4. The zero-order valence-corrected chi connectivity index (χ0v) is 35.8. The topological polar surface area (TPSA) is 141 Å². The van der Waals surface area contributed by atoms with Gasteiger partial charge in [-0.15, -0.1) is 0 Å². The van der Waals surface area contributed by atoms with E-state index in [1.54, 1.807) is 0 Å². The molecule has 0 rings (SSSR count). The Kier molecular flexibility index (Phi) is 19.4. The largest absolute Gasteiger partial charge is 1.00 e. The molecule has 0 atom stereocenters. The van der Waals surface area contributed by atoms with Crippen LogP contribution in [0.1, 0.15) is 0 Å². The summed E-state index contributed by atoms with van der Waals surface area (Å²) in [6.07, 6.45) is 0. The standard InChI is InChI=1S/CO.Ag.6F5HOTe.Nb/c1-2;;6*1-7(2,3,4,5)6;/h;;6*6H;/q;+1;;;;;;;-1. The summed E-state index contributed by atoms with van der Waals surface area (Å²) in [7, 11) is 0. The first-order valence-corrected chi connectivity index (χ1v) is 38.6. The van der Waals surface area contributed by atoms with Crippen molar-refractivity contribution < 1.29 is 157 Å². The van der Waals surface area contributed by atoms with Gasteiger partial charge in [-0.3, -0.25) is 0 Å². The first kappa shape index (κ1) is 71.1. The quantitative estimate of drug-likeness (QED) is 0.0673. The fourth-order valence-corrected chi connectivity index (χ4v) is 0. The molecule has 0 spiro atoms. The molecule has 7 nitrogen and oxygen atoms in total. The Labute approximate surface area is 271 Å². The normalized spacial score (nSPS) is 21.2. The molecular weight excluding hydrogens is 1660 g/mol. The number of hydrogen-bond donors (Lipinski definition) is 6. The van der Waals surface area contributed by atoms with E-state index in [0.29, 0.717) is 0 Å². The minimum Gasteiger partial charge on any atom is -1.00 e. The average molecular weight is 1670 g/mol. The van der Waals surface area contributed by atoms with E-state index in [1.807, 2.05) is 0 Å². The van der Waals surface area contributed by atoms with Crippen molar-refractivity contribution in [2.45, 2.75) is 0 Å². The zero-order valence-electron chi connectivity index (χ0n) is 18.1. The molecule has 0 saturated heterocycles. The average Bonchev–Trinajstić information content (AvgIpc) is 1.98. The Balaban J connectivity index is -0.0000000500. The SMILES string of the molecule is O[Te](F)(F)(F)(F)F.O[Te](F)(F)(F)(F)F.O[Te](F)(F)(F)(F)F.O[Te](F)(F)(F)(F)F.O[Te](F)(F)(F)(F)F.O[Te](F)(F)(F)(F)F.[Ag+].[C-]#[O+].[Nb-]. The molecule has 0 radical (unpaired) electrons. The summed E-state index contributed by atoms with van der Waals surface area (Å²) < 4.78 is 350. The Morgan fingerprint density at radius 3 is 0.239 bits per heavy atom. The maximum atomic E-state index is 10.1. The van der Waals surface area contributed by atoms with Crippen molar-refractivity contribution in [3.05, 3.63) is 6.65 Å². The Morgan fingerprint density at radius 1 is 0.239 bits per heavy atom. The van der Waals surface area contributed by atoms with Crippen molar-refractivity contribution in [3.8, 4) is 0 Å². The predicted octanol–water partition coefficient (Wildman–Crippen LogP) is 6.94. The van der Waals surface area contributed by atoms with Gasteiger partial charge in [0.25, 0.3) is 0 Å². The molecule has 46 heavy (non-hydrogen) atoms. The van der Waals surface area contributed by atoms with Gasteiger partial charge in [-0.05, 0) is 0 Å². The molecule has 0 saturated carbocycles. The Hall–Kier alpha value is 3.62. The molecule has 0 amide bonds. The summed E-state index contributed by atoms with van der Waals surface area (Å²) in [6.45, 7) is 4.50. The summed E-state index contributed by atoms with van der Waals surface area (Å²) in [5, 5.41) is 0. The van der Waals surface area contributed by atoms with Gasteiger partial charge in [0.05, 0.1) is 0 Å². The molecule has 0 aromatic carbocycles. The van der Waals surface area contributed by atoms with Crippen LogP contribution < -0.4 is 0 Å². The molecule has 0 aromatic rings. The molecule has 45 heteroatoms. The summed E-state index contributed by atoms with van der Waals surface area (Å²) in [4.78, 5) is 0. The van der Waals surface area contributed by atoms with Crippen LogP contribution in [0, 0.1) is 6.65 Å². The fourth-order valence-electron chi connectivity index (χ4n) is 0. The van der Waals surface area contributed by atoms with Crippen molar-refractivity contribution in [2.24, 2.45) is 0 Å². The molecule has 0 aromatic heterocycles. The molecule has 0 unspecified atom stereocenters. The van der Waals surface area contributed by atoms with Crippen LogP contribution in [-0.4, -0.2) is 133 Å². The van der Waals surface area contributed by atoms with Crippen LogP contribution >= 0.6 is 0 Å². The van der Waals surface area contributed by atoms with Gasteiger partial charge in [0.2, 0.25) is 0 Å². The number of hydrogen-bond acceptors (Lipinski definition) is 6. The number of halogens is 30. The maximum Gasteiger partial charge on any atom is -1.00 e. The third kappa shape index (κ3) is 7910. The molecule has 0 aliphatic carbocycles. The molecular formula is CH6AgF30NbO7Te6. The molecule has 314 valence electrons.